The van der Waals surface area contributed by atoms with Crippen molar-refractivity contribution in [3.05, 3.63) is 81.8 Å². The SMILES string of the molecule is Cc1ccc(OCc2cc(=O)[nH]c(-c3cccc(CN4CCNCC4)c3)n2)cc1. The summed E-state index contributed by atoms with van der Waals surface area (Å²) in [5.74, 6) is 1.33. The Morgan fingerprint density at radius 2 is 1.86 bits per heavy atom. The van der Waals surface area contributed by atoms with Crippen LogP contribution in [-0.4, -0.2) is 41.0 Å². The van der Waals surface area contributed by atoms with Crippen molar-refractivity contribution in [2.45, 2.75) is 20.1 Å². The van der Waals surface area contributed by atoms with Crippen LogP contribution in [0.2, 0.25) is 0 Å². The number of aryl methyl sites for hydroxylation is 1. The number of ether oxygens (including phenoxy) is 1. The van der Waals surface area contributed by atoms with E-state index in [4.69, 9.17) is 4.74 Å². The van der Waals surface area contributed by atoms with Crippen molar-refractivity contribution < 1.29 is 4.74 Å². The molecule has 2 heterocycles. The van der Waals surface area contributed by atoms with Crippen LogP contribution < -0.4 is 15.6 Å². The molecule has 4 rings (SSSR count). The number of nitrogens with one attached hydrogen (secondary N) is 2. The van der Waals surface area contributed by atoms with Crippen molar-refractivity contribution in [2.24, 2.45) is 0 Å². The number of hydrogen-bond donors (Lipinski definition) is 2. The molecule has 1 aliphatic rings. The van der Waals surface area contributed by atoms with E-state index in [-0.39, 0.29) is 12.2 Å². The van der Waals surface area contributed by atoms with Crippen LogP contribution in [0.1, 0.15) is 16.8 Å². The first-order valence-electron chi connectivity index (χ1n) is 9.98. The Hall–Kier alpha value is -2.96. The van der Waals surface area contributed by atoms with Crippen molar-refractivity contribution in [2.75, 3.05) is 26.2 Å². The topological polar surface area (TPSA) is 70.2 Å². The third kappa shape index (κ3) is 5.31. The van der Waals surface area contributed by atoms with E-state index >= 15 is 0 Å². The van der Waals surface area contributed by atoms with Gasteiger partial charge in [-0.2, -0.15) is 0 Å². The molecule has 150 valence electrons. The number of benzene rings is 2. The lowest BCUT2D eigenvalue weighted by atomic mass is 10.1. The summed E-state index contributed by atoms with van der Waals surface area (Å²) in [6.07, 6.45) is 0. The normalized spacial score (nSPS) is 14.7. The molecule has 0 aliphatic carbocycles. The zero-order valence-corrected chi connectivity index (χ0v) is 16.6. The summed E-state index contributed by atoms with van der Waals surface area (Å²) in [4.78, 5) is 22.1. The van der Waals surface area contributed by atoms with Gasteiger partial charge in [-0.05, 0) is 30.7 Å². The van der Waals surface area contributed by atoms with Crippen LogP contribution in [0.25, 0.3) is 11.4 Å². The molecule has 3 aromatic rings. The van der Waals surface area contributed by atoms with E-state index in [1.165, 1.54) is 17.2 Å². The number of H-pyrrole nitrogens is 1. The predicted molar refractivity (Wildman–Crippen MR) is 114 cm³/mol. The number of piperazine rings is 1. The molecule has 1 aliphatic heterocycles. The molecule has 0 unspecified atom stereocenters. The average molecular weight is 390 g/mol. The van der Waals surface area contributed by atoms with Crippen LogP contribution in [0.4, 0.5) is 0 Å². The fourth-order valence-electron chi connectivity index (χ4n) is 3.45. The van der Waals surface area contributed by atoms with Crippen molar-refractivity contribution in [3.63, 3.8) is 0 Å². The lowest BCUT2D eigenvalue weighted by Gasteiger charge is -2.27. The van der Waals surface area contributed by atoms with Gasteiger partial charge in [0.15, 0.2) is 0 Å². The molecular weight excluding hydrogens is 364 g/mol. The second kappa shape index (κ2) is 9.03. The number of rotatable bonds is 6. The maximum absolute atomic E-state index is 12.2. The van der Waals surface area contributed by atoms with Crippen molar-refractivity contribution in [1.82, 2.24) is 20.2 Å². The average Bonchev–Trinajstić information content (AvgIpc) is 2.74. The molecule has 29 heavy (non-hydrogen) atoms. The van der Waals surface area contributed by atoms with E-state index in [0.717, 1.165) is 44.0 Å². The highest BCUT2D eigenvalue weighted by Gasteiger charge is 2.11. The van der Waals surface area contributed by atoms with E-state index < -0.39 is 0 Å². The molecule has 2 N–H and O–H groups in total. The highest BCUT2D eigenvalue weighted by molar-refractivity contribution is 5.56. The minimum atomic E-state index is -0.176. The quantitative estimate of drug-likeness (QED) is 0.677. The van der Waals surface area contributed by atoms with Gasteiger partial charge in [0.1, 0.15) is 18.2 Å². The van der Waals surface area contributed by atoms with Gasteiger partial charge in [-0.1, -0.05) is 35.9 Å². The first kappa shape index (κ1) is 19.4. The Bertz CT molecular complexity index is 1010. The van der Waals surface area contributed by atoms with Gasteiger partial charge in [0, 0.05) is 44.4 Å². The van der Waals surface area contributed by atoms with E-state index in [1.807, 2.05) is 43.3 Å². The lowest BCUT2D eigenvalue weighted by molar-refractivity contribution is 0.233. The Morgan fingerprint density at radius 3 is 2.66 bits per heavy atom. The number of hydrogen-bond acceptors (Lipinski definition) is 5. The molecule has 0 saturated carbocycles. The van der Waals surface area contributed by atoms with Crippen molar-refractivity contribution >= 4 is 0 Å². The first-order valence-corrected chi connectivity index (χ1v) is 9.98. The Balaban J connectivity index is 1.50. The van der Waals surface area contributed by atoms with Crippen LogP contribution in [0, 0.1) is 6.92 Å². The molecule has 1 aromatic heterocycles. The molecule has 0 radical (unpaired) electrons. The monoisotopic (exact) mass is 390 g/mol. The van der Waals surface area contributed by atoms with Gasteiger partial charge in [0.2, 0.25) is 0 Å². The smallest absolute Gasteiger partial charge is 0.251 e. The van der Waals surface area contributed by atoms with Crippen molar-refractivity contribution in [1.29, 1.82) is 0 Å². The Kier molecular flexibility index (Phi) is 6.03. The molecular formula is C23H26N4O2. The van der Waals surface area contributed by atoms with Gasteiger partial charge in [-0.25, -0.2) is 4.98 Å². The summed E-state index contributed by atoms with van der Waals surface area (Å²) in [6, 6.07) is 17.5. The van der Waals surface area contributed by atoms with E-state index in [1.54, 1.807) is 0 Å². The molecule has 1 fully saturated rings. The number of aromatic nitrogens is 2. The van der Waals surface area contributed by atoms with Gasteiger partial charge in [0.25, 0.3) is 5.56 Å². The highest BCUT2D eigenvalue weighted by Crippen LogP contribution is 2.18. The van der Waals surface area contributed by atoms with Gasteiger partial charge in [-0.3, -0.25) is 9.69 Å². The van der Waals surface area contributed by atoms with E-state index in [2.05, 4.69) is 32.3 Å². The van der Waals surface area contributed by atoms with Gasteiger partial charge >= 0.3 is 0 Å². The summed E-state index contributed by atoms with van der Waals surface area (Å²) < 4.78 is 5.79. The Labute approximate surface area is 170 Å². The zero-order valence-electron chi connectivity index (χ0n) is 16.6. The van der Waals surface area contributed by atoms with Gasteiger partial charge in [0.05, 0.1) is 5.69 Å². The molecule has 6 nitrogen and oxygen atoms in total. The molecule has 2 aromatic carbocycles. The van der Waals surface area contributed by atoms with Gasteiger partial charge in [-0.15, -0.1) is 0 Å². The van der Waals surface area contributed by atoms with Crippen molar-refractivity contribution in [3.8, 4) is 17.1 Å². The van der Waals surface area contributed by atoms with Crippen LogP contribution in [0.15, 0.2) is 59.4 Å². The maximum atomic E-state index is 12.2. The lowest BCUT2D eigenvalue weighted by Crippen LogP contribution is -2.42. The van der Waals surface area contributed by atoms with Crippen LogP contribution in [0.3, 0.4) is 0 Å². The molecule has 0 spiro atoms. The molecule has 0 atom stereocenters. The maximum Gasteiger partial charge on any atom is 0.251 e. The second-order valence-corrected chi connectivity index (χ2v) is 7.41. The summed E-state index contributed by atoms with van der Waals surface area (Å²) in [6.45, 7) is 7.33. The molecule has 1 saturated heterocycles. The van der Waals surface area contributed by atoms with E-state index in [9.17, 15) is 4.79 Å². The molecule has 0 bridgehead atoms. The number of aromatic amines is 1. The first-order chi connectivity index (χ1) is 14.2. The molecule has 0 amide bonds. The third-order valence-corrected chi connectivity index (χ3v) is 5.02. The molecule has 6 heteroatoms. The summed E-state index contributed by atoms with van der Waals surface area (Å²) in [5.41, 5.74) is 3.73. The zero-order chi connectivity index (χ0) is 20.1. The fourth-order valence-corrected chi connectivity index (χ4v) is 3.45. The summed E-state index contributed by atoms with van der Waals surface area (Å²) in [5, 5.41) is 3.37. The Morgan fingerprint density at radius 1 is 1.07 bits per heavy atom. The largest absolute Gasteiger partial charge is 0.487 e. The fraction of sp³-hybridized carbons (Fsp3) is 0.304. The van der Waals surface area contributed by atoms with E-state index in [0.29, 0.717) is 11.5 Å². The summed E-state index contributed by atoms with van der Waals surface area (Å²) >= 11 is 0. The highest BCUT2D eigenvalue weighted by atomic mass is 16.5. The standard InChI is InChI=1S/C23H26N4O2/c1-17-5-7-21(8-6-17)29-16-20-14-22(28)26-23(25-20)19-4-2-3-18(13-19)15-27-11-9-24-10-12-27/h2-8,13-14,24H,9-12,15-16H2,1H3,(H,25,26,28). The van der Waals surface area contributed by atoms with Crippen LogP contribution in [-0.2, 0) is 13.2 Å². The second-order valence-electron chi connectivity index (χ2n) is 7.41. The predicted octanol–water partition coefficient (Wildman–Crippen LogP) is 2.73. The van der Waals surface area contributed by atoms with Crippen LogP contribution in [0.5, 0.6) is 5.75 Å². The van der Waals surface area contributed by atoms with Crippen LogP contribution >= 0.6 is 0 Å². The summed E-state index contributed by atoms with van der Waals surface area (Å²) in [7, 11) is 0. The number of nitrogens with zero attached hydrogens (tertiary/aromatic N) is 2. The van der Waals surface area contributed by atoms with Gasteiger partial charge < -0.3 is 15.0 Å². The minimum absolute atomic E-state index is 0.176. The third-order valence-electron chi connectivity index (χ3n) is 5.02. The minimum Gasteiger partial charge on any atom is -0.487 e.